The first kappa shape index (κ1) is 30.0. The molecule has 4 heterocycles. The van der Waals surface area contributed by atoms with Crippen molar-refractivity contribution in [2.75, 3.05) is 32.6 Å². The maximum Gasteiger partial charge on any atom is 0.224 e. The van der Waals surface area contributed by atoms with Gasteiger partial charge in [-0.2, -0.15) is 5.10 Å². The van der Waals surface area contributed by atoms with Gasteiger partial charge in [-0.1, -0.05) is 26.8 Å². The number of hydrogen-bond donors (Lipinski definition) is 3. The lowest BCUT2D eigenvalue weighted by Gasteiger charge is -2.17. The van der Waals surface area contributed by atoms with Gasteiger partial charge in [0.1, 0.15) is 29.5 Å². The predicted octanol–water partition coefficient (Wildman–Crippen LogP) is 7.29. The zero-order chi connectivity index (χ0) is 31.7. The largest absolute Gasteiger partial charge is 0.492 e. The molecule has 0 atom stereocenters. The molecule has 4 aromatic heterocycles. The van der Waals surface area contributed by atoms with Gasteiger partial charge in [-0.15, -0.1) is 0 Å². The molecule has 0 aliphatic carbocycles. The Bertz CT molecular complexity index is 2010. The van der Waals surface area contributed by atoms with Gasteiger partial charge in [0.15, 0.2) is 0 Å². The summed E-state index contributed by atoms with van der Waals surface area (Å²) in [4.78, 5) is 26.8. The molecule has 2 aromatic carbocycles. The summed E-state index contributed by atoms with van der Waals surface area (Å²) in [5, 5.41) is 12.5. The molecule has 0 unspecified atom stereocenters. The van der Waals surface area contributed by atoms with E-state index in [-0.39, 0.29) is 17.1 Å². The smallest absolute Gasteiger partial charge is 0.224 e. The molecule has 9 nitrogen and oxygen atoms in total. The molecule has 0 aliphatic heterocycles. The molecular formula is C35H36FN7O2. The Labute approximate surface area is 260 Å². The number of hydrogen-bond acceptors (Lipinski definition) is 6. The number of rotatable bonds is 9. The van der Waals surface area contributed by atoms with Gasteiger partial charge in [0, 0.05) is 47.8 Å². The first-order valence-corrected chi connectivity index (χ1v) is 14.8. The van der Waals surface area contributed by atoms with Gasteiger partial charge in [0.2, 0.25) is 5.91 Å². The van der Waals surface area contributed by atoms with E-state index in [2.05, 4.69) is 36.5 Å². The Kier molecular flexibility index (Phi) is 8.07. The number of halogens is 1. The number of benzene rings is 2. The minimum Gasteiger partial charge on any atom is -0.492 e. The Balaban J connectivity index is 1.33. The minimum absolute atomic E-state index is 0.0490. The number of H-pyrrole nitrogens is 2. The van der Waals surface area contributed by atoms with Crippen molar-refractivity contribution < 1.29 is 13.9 Å². The van der Waals surface area contributed by atoms with Crippen LogP contribution in [0.3, 0.4) is 0 Å². The number of ether oxygens (including phenoxy) is 1. The second kappa shape index (κ2) is 12.1. The van der Waals surface area contributed by atoms with Crippen molar-refractivity contribution >= 4 is 33.5 Å². The van der Waals surface area contributed by atoms with Crippen LogP contribution in [0.1, 0.15) is 27.2 Å². The maximum atomic E-state index is 14.7. The SMILES string of the molecule is CN(C)CCOc1cc(F)cc(-c2ccnc3[nH]c(-c4n[nH]c5ccc(-c6cncc(NC(=O)CC(C)(C)C)c6)cc45)cc23)c1. The second-order valence-corrected chi connectivity index (χ2v) is 12.7. The summed E-state index contributed by atoms with van der Waals surface area (Å²) in [5.74, 6) is 0.0593. The number of pyridine rings is 2. The highest BCUT2D eigenvalue weighted by molar-refractivity contribution is 6.01. The number of nitrogens with zero attached hydrogens (tertiary/aromatic N) is 4. The maximum absolute atomic E-state index is 14.7. The quantitative estimate of drug-likeness (QED) is 0.160. The van der Waals surface area contributed by atoms with Crippen LogP contribution in [0.5, 0.6) is 5.75 Å². The summed E-state index contributed by atoms with van der Waals surface area (Å²) < 4.78 is 20.5. The van der Waals surface area contributed by atoms with Gasteiger partial charge in [0.25, 0.3) is 0 Å². The molecular weight excluding hydrogens is 569 g/mol. The molecule has 45 heavy (non-hydrogen) atoms. The van der Waals surface area contributed by atoms with Crippen molar-refractivity contribution in [3.05, 3.63) is 79.0 Å². The van der Waals surface area contributed by atoms with E-state index in [4.69, 9.17) is 4.74 Å². The third-order valence-corrected chi connectivity index (χ3v) is 7.39. The van der Waals surface area contributed by atoms with Gasteiger partial charge in [-0.3, -0.25) is 14.9 Å². The molecule has 0 saturated carbocycles. The van der Waals surface area contributed by atoms with Crippen LogP contribution in [0.4, 0.5) is 10.1 Å². The van der Waals surface area contributed by atoms with Crippen molar-refractivity contribution in [3.8, 4) is 39.4 Å². The van der Waals surface area contributed by atoms with E-state index in [1.807, 2.05) is 76.2 Å². The molecule has 6 rings (SSSR count). The Morgan fingerprint density at radius 2 is 1.82 bits per heavy atom. The fraction of sp³-hybridized carbons (Fsp3) is 0.257. The van der Waals surface area contributed by atoms with E-state index in [1.54, 1.807) is 18.6 Å². The number of aromatic amines is 2. The van der Waals surface area contributed by atoms with E-state index in [0.717, 1.165) is 50.9 Å². The Morgan fingerprint density at radius 3 is 2.62 bits per heavy atom. The number of amides is 1. The molecule has 6 aromatic rings. The van der Waals surface area contributed by atoms with E-state index >= 15 is 0 Å². The van der Waals surface area contributed by atoms with Crippen LogP contribution in [-0.4, -0.2) is 63.2 Å². The fourth-order valence-electron chi connectivity index (χ4n) is 5.31. The molecule has 0 saturated heterocycles. The van der Waals surface area contributed by atoms with Crippen LogP contribution in [0.15, 0.2) is 73.2 Å². The summed E-state index contributed by atoms with van der Waals surface area (Å²) in [7, 11) is 3.93. The van der Waals surface area contributed by atoms with Gasteiger partial charge in [-0.05, 0) is 78.7 Å². The normalized spacial score (nSPS) is 11.9. The predicted molar refractivity (Wildman–Crippen MR) is 177 cm³/mol. The fourth-order valence-corrected chi connectivity index (χ4v) is 5.31. The molecule has 0 aliphatic rings. The third kappa shape index (κ3) is 6.86. The lowest BCUT2D eigenvalue weighted by molar-refractivity contribution is -0.117. The zero-order valence-corrected chi connectivity index (χ0v) is 26.0. The molecule has 0 bridgehead atoms. The summed E-state index contributed by atoms with van der Waals surface area (Å²) >= 11 is 0. The van der Waals surface area contributed by atoms with Crippen molar-refractivity contribution in [2.24, 2.45) is 5.41 Å². The summed E-state index contributed by atoms with van der Waals surface area (Å²) in [6.07, 6.45) is 5.54. The van der Waals surface area contributed by atoms with Crippen molar-refractivity contribution in [3.63, 3.8) is 0 Å². The Morgan fingerprint density at radius 1 is 0.978 bits per heavy atom. The number of carbonyl (C=O) groups is 1. The third-order valence-electron chi connectivity index (χ3n) is 7.39. The highest BCUT2D eigenvalue weighted by atomic mass is 19.1. The van der Waals surface area contributed by atoms with Gasteiger partial charge in [-0.25, -0.2) is 9.37 Å². The lowest BCUT2D eigenvalue weighted by atomic mass is 9.92. The van der Waals surface area contributed by atoms with Crippen molar-refractivity contribution in [1.82, 2.24) is 30.0 Å². The van der Waals surface area contributed by atoms with Crippen LogP contribution in [0, 0.1) is 11.2 Å². The molecule has 10 heteroatoms. The van der Waals surface area contributed by atoms with Gasteiger partial charge < -0.3 is 19.9 Å². The highest BCUT2D eigenvalue weighted by Gasteiger charge is 2.18. The zero-order valence-electron chi connectivity index (χ0n) is 26.0. The number of anilines is 1. The average Bonchev–Trinajstić information content (AvgIpc) is 3.59. The topological polar surface area (TPSA) is 112 Å². The highest BCUT2D eigenvalue weighted by Crippen LogP contribution is 2.36. The van der Waals surface area contributed by atoms with Crippen LogP contribution >= 0.6 is 0 Å². The van der Waals surface area contributed by atoms with Crippen molar-refractivity contribution in [2.45, 2.75) is 27.2 Å². The summed E-state index contributed by atoms with van der Waals surface area (Å²) in [6.45, 7) is 7.27. The summed E-state index contributed by atoms with van der Waals surface area (Å²) in [6, 6.07) is 16.6. The summed E-state index contributed by atoms with van der Waals surface area (Å²) in [5.41, 5.74) is 6.89. The van der Waals surface area contributed by atoms with Gasteiger partial charge >= 0.3 is 0 Å². The minimum atomic E-state index is -0.369. The van der Waals surface area contributed by atoms with E-state index < -0.39 is 0 Å². The monoisotopic (exact) mass is 605 g/mol. The van der Waals surface area contributed by atoms with E-state index in [0.29, 0.717) is 35.7 Å². The van der Waals surface area contributed by atoms with Gasteiger partial charge in [0.05, 0.1) is 23.1 Å². The van der Waals surface area contributed by atoms with Crippen LogP contribution < -0.4 is 10.1 Å². The average molecular weight is 606 g/mol. The van der Waals surface area contributed by atoms with Crippen LogP contribution in [0.25, 0.3) is 55.6 Å². The second-order valence-electron chi connectivity index (χ2n) is 12.7. The van der Waals surface area contributed by atoms with E-state index in [1.165, 1.54) is 12.1 Å². The van der Waals surface area contributed by atoms with Crippen LogP contribution in [-0.2, 0) is 4.79 Å². The van der Waals surface area contributed by atoms with E-state index in [9.17, 15) is 9.18 Å². The molecule has 0 spiro atoms. The number of aromatic nitrogens is 5. The molecule has 0 radical (unpaired) electrons. The van der Waals surface area contributed by atoms with Crippen LogP contribution in [0.2, 0.25) is 0 Å². The standard InChI is InChI=1S/C35H36FN7O2/c1-35(2,3)18-32(44)39-25-13-23(19-37-20-25)21-6-7-30-29(15-21)33(42-41-30)31-17-28-27(8-9-38-34(28)40-31)22-12-24(36)16-26(14-22)45-11-10-43(4)5/h6-9,12-17,19-20H,10-11,18H2,1-5H3,(H,38,40)(H,39,44)(H,41,42). The first-order valence-electron chi connectivity index (χ1n) is 14.8. The molecule has 1 amide bonds. The number of carbonyl (C=O) groups excluding carboxylic acids is 1. The number of nitrogens with one attached hydrogen (secondary N) is 3. The molecule has 3 N–H and O–H groups in total. The number of likely N-dealkylation sites (N-methyl/N-ethyl adjacent to an activating group) is 1. The molecule has 0 fully saturated rings. The lowest BCUT2D eigenvalue weighted by Crippen LogP contribution is -2.19. The van der Waals surface area contributed by atoms with Crippen molar-refractivity contribution in [1.29, 1.82) is 0 Å². The Hall–Kier alpha value is -5.09. The number of fused-ring (bicyclic) bond motifs is 2. The first-order chi connectivity index (χ1) is 21.5. The molecule has 230 valence electrons.